The van der Waals surface area contributed by atoms with Gasteiger partial charge in [-0.3, -0.25) is 9.59 Å². The molecule has 0 spiro atoms. The lowest BCUT2D eigenvalue weighted by molar-refractivity contribution is -0.137. The Bertz CT molecular complexity index is 343. The molecule has 80 valence electrons. The Morgan fingerprint density at radius 1 is 1.36 bits per heavy atom. The highest BCUT2D eigenvalue weighted by atomic mass is 32.2. The van der Waals surface area contributed by atoms with E-state index in [1.165, 1.54) is 0 Å². The Morgan fingerprint density at radius 2 is 1.93 bits per heavy atom. The second-order valence-electron chi connectivity index (χ2n) is 3.18. The fourth-order valence-corrected chi connectivity index (χ4v) is 2.51. The Morgan fingerprint density at radius 3 is 2.36 bits per heavy atom. The Kier molecular flexibility index (Phi) is 3.10. The number of carboxylic acid groups (broad SMARTS) is 1. The van der Waals surface area contributed by atoms with Gasteiger partial charge in [0.05, 0.1) is 5.25 Å². The van der Waals surface area contributed by atoms with Crippen LogP contribution < -0.4 is 5.32 Å². The summed E-state index contributed by atoms with van der Waals surface area (Å²) in [6.45, 7) is -0.543. The topological polar surface area (TPSA) is 101 Å². The number of amides is 1. The molecule has 0 radical (unpaired) electrons. The van der Waals surface area contributed by atoms with Gasteiger partial charge >= 0.3 is 5.97 Å². The minimum absolute atomic E-state index is 0.391. The van der Waals surface area contributed by atoms with Crippen LogP contribution in [0.15, 0.2) is 0 Å². The molecule has 0 aromatic heterocycles. The van der Waals surface area contributed by atoms with E-state index in [-0.39, 0.29) is 0 Å². The van der Waals surface area contributed by atoms with Gasteiger partial charge in [-0.25, -0.2) is 8.42 Å². The highest BCUT2D eigenvalue weighted by molar-refractivity contribution is 7.93. The molecular formula is C7H11NO5S. The monoisotopic (exact) mass is 221 g/mol. The normalized spacial score (nSPS) is 16.3. The highest BCUT2D eigenvalue weighted by Gasteiger charge is 2.36. The predicted octanol–water partition coefficient (Wildman–Crippen LogP) is -1.24. The Hall–Kier alpha value is -1.11. The first-order chi connectivity index (χ1) is 6.42. The van der Waals surface area contributed by atoms with Crippen LogP contribution in [0.3, 0.4) is 0 Å². The molecule has 0 aliphatic heterocycles. The zero-order valence-corrected chi connectivity index (χ0v) is 8.21. The molecule has 0 saturated heterocycles. The number of hydrogen-bond donors (Lipinski definition) is 2. The molecule has 1 saturated carbocycles. The van der Waals surface area contributed by atoms with Gasteiger partial charge in [0, 0.05) is 0 Å². The molecule has 0 aromatic rings. The lowest BCUT2D eigenvalue weighted by Gasteiger charge is -2.02. The number of nitrogens with one attached hydrogen (secondary N) is 1. The summed E-state index contributed by atoms with van der Waals surface area (Å²) < 4.78 is 22.5. The summed E-state index contributed by atoms with van der Waals surface area (Å²) in [7, 11) is -3.34. The molecule has 0 bridgehead atoms. The van der Waals surface area contributed by atoms with E-state index < -0.39 is 39.3 Å². The number of hydrogen-bond acceptors (Lipinski definition) is 4. The van der Waals surface area contributed by atoms with Crippen molar-refractivity contribution in [2.75, 3.05) is 12.3 Å². The minimum atomic E-state index is -3.34. The molecule has 1 rings (SSSR count). The maximum absolute atomic E-state index is 11.2. The van der Waals surface area contributed by atoms with Crippen molar-refractivity contribution in [2.24, 2.45) is 0 Å². The number of carbonyl (C=O) groups excluding carboxylic acids is 1. The van der Waals surface area contributed by atoms with Gasteiger partial charge in [-0.2, -0.15) is 0 Å². The van der Waals surface area contributed by atoms with Crippen LogP contribution in [-0.2, 0) is 19.4 Å². The average molecular weight is 221 g/mol. The summed E-state index contributed by atoms with van der Waals surface area (Å²) in [5.74, 6) is -2.55. The first-order valence-corrected chi connectivity index (χ1v) is 5.83. The second kappa shape index (κ2) is 3.95. The van der Waals surface area contributed by atoms with Crippen molar-refractivity contribution in [3.63, 3.8) is 0 Å². The smallest absolute Gasteiger partial charge is 0.322 e. The summed E-state index contributed by atoms with van der Waals surface area (Å²) in [5, 5.41) is 9.83. The molecule has 7 heteroatoms. The highest BCUT2D eigenvalue weighted by Crippen LogP contribution is 2.28. The maximum Gasteiger partial charge on any atom is 0.322 e. The van der Waals surface area contributed by atoms with E-state index in [1.54, 1.807) is 0 Å². The van der Waals surface area contributed by atoms with E-state index in [4.69, 9.17) is 5.11 Å². The zero-order chi connectivity index (χ0) is 10.8. The third-order valence-electron chi connectivity index (χ3n) is 1.80. The number of carboxylic acids is 1. The molecule has 0 heterocycles. The van der Waals surface area contributed by atoms with Crippen LogP contribution >= 0.6 is 0 Å². The molecule has 14 heavy (non-hydrogen) atoms. The fraction of sp³-hybridized carbons (Fsp3) is 0.714. The molecule has 0 unspecified atom stereocenters. The van der Waals surface area contributed by atoms with E-state index in [2.05, 4.69) is 0 Å². The van der Waals surface area contributed by atoms with Crippen molar-refractivity contribution in [3.8, 4) is 0 Å². The maximum atomic E-state index is 11.2. The van der Waals surface area contributed by atoms with Gasteiger partial charge < -0.3 is 10.4 Å². The number of sulfone groups is 1. The van der Waals surface area contributed by atoms with E-state index in [9.17, 15) is 18.0 Å². The number of rotatable bonds is 5. The van der Waals surface area contributed by atoms with Crippen LogP contribution in [0.5, 0.6) is 0 Å². The number of aliphatic carboxylic acids is 1. The lowest BCUT2D eigenvalue weighted by atomic mass is 10.6. The van der Waals surface area contributed by atoms with Crippen LogP contribution in [0, 0.1) is 0 Å². The second-order valence-corrected chi connectivity index (χ2v) is 5.46. The standard InChI is InChI=1S/C7H11NO5S/c9-6(8-3-7(10)11)4-14(12,13)5-1-2-5/h5H,1-4H2,(H,8,9)(H,10,11). The molecule has 1 aliphatic rings. The lowest BCUT2D eigenvalue weighted by Crippen LogP contribution is -2.35. The zero-order valence-electron chi connectivity index (χ0n) is 7.39. The van der Waals surface area contributed by atoms with Gasteiger partial charge in [0.1, 0.15) is 12.3 Å². The first-order valence-electron chi connectivity index (χ1n) is 4.12. The van der Waals surface area contributed by atoms with Crippen LogP contribution in [0.4, 0.5) is 0 Å². The van der Waals surface area contributed by atoms with Gasteiger partial charge in [0.15, 0.2) is 9.84 Å². The van der Waals surface area contributed by atoms with Crippen molar-refractivity contribution >= 4 is 21.7 Å². The Labute approximate surface area is 81.2 Å². The van der Waals surface area contributed by atoms with Gasteiger partial charge in [-0.15, -0.1) is 0 Å². The molecule has 1 amide bonds. The van der Waals surface area contributed by atoms with Crippen LogP contribution in [0.1, 0.15) is 12.8 Å². The third kappa shape index (κ3) is 3.33. The molecule has 2 N–H and O–H groups in total. The van der Waals surface area contributed by atoms with Gasteiger partial charge in [-0.1, -0.05) is 0 Å². The van der Waals surface area contributed by atoms with Crippen molar-refractivity contribution in [1.29, 1.82) is 0 Å². The van der Waals surface area contributed by atoms with E-state index in [0.717, 1.165) is 0 Å². The van der Waals surface area contributed by atoms with Crippen LogP contribution in [0.2, 0.25) is 0 Å². The van der Waals surface area contributed by atoms with Crippen molar-refractivity contribution < 1.29 is 23.1 Å². The average Bonchev–Trinajstić information content (AvgIpc) is 2.81. The molecule has 6 nitrogen and oxygen atoms in total. The summed E-state index contributed by atoms with van der Waals surface area (Å²) in [6, 6.07) is 0. The number of carbonyl (C=O) groups is 2. The van der Waals surface area contributed by atoms with Gasteiger partial charge in [0.25, 0.3) is 0 Å². The van der Waals surface area contributed by atoms with Crippen molar-refractivity contribution in [2.45, 2.75) is 18.1 Å². The molecule has 1 fully saturated rings. The molecule has 0 aromatic carbocycles. The fourth-order valence-electron chi connectivity index (χ4n) is 0.953. The minimum Gasteiger partial charge on any atom is -0.480 e. The SMILES string of the molecule is O=C(O)CNC(=O)CS(=O)(=O)C1CC1. The third-order valence-corrected chi connectivity index (χ3v) is 3.95. The largest absolute Gasteiger partial charge is 0.480 e. The first kappa shape index (κ1) is 11.0. The van der Waals surface area contributed by atoms with Crippen molar-refractivity contribution in [3.05, 3.63) is 0 Å². The van der Waals surface area contributed by atoms with E-state index in [0.29, 0.717) is 12.8 Å². The van der Waals surface area contributed by atoms with Crippen LogP contribution in [-0.4, -0.2) is 42.9 Å². The predicted molar refractivity (Wildman–Crippen MR) is 47.5 cm³/mol. The summed E-state index contributed by atoms with van der Waals surface area (Å²) >= 11 is 0. The van der Waals surface area contributed by atoms with Gasteiger partial charge in [0.2, 0.25) is 5.91 Å². The summed E-state index contributed by atoms with van der Waals surface area (Å²) in [4.78, 5) is 21.0. The molecule has 0 atom stereocenters. The van der Waals surface area contributed by atoms with E-state index in [1.807, 2.05) is 5.32 Å². The summed E-state index contributed by atoms with van der Waals surface area (Å²) in [5.41, 5.74) is 0. The van der Waals surface area contributed by atoms with Crippen molar-refractivity contribution in [1.82, 2.24) is 5.32 Å². The molecular weight excluding hydrogens is 210 g/mol. The quantitative estimate of drug-likeness (QED) is 0.605. The van der Waals surface area contributed by atoms with Crippen LogP contribution in [0.25, 0.3) is 0 Å². The van der Waals surface area contributed by atoms with E-state index >= 15 is 0 Å². The summed E-state index contributed by atoms with van der Waals surface area (Å²) in [6.07, 6.45) is 1.21. The molecule has 1 aliphatic carbocycles. The Balaban J connectivity index is 2.36. The van der Waals surface area contributed by atoms with Gasteiger partial charge in [-0.05, 0) is 12.8 Å².